The van der Waals surface area contributed by atoms with Gasteiger partial charge in [0.05, 0.1) is 0 Å². The SMILES string of the molecule is CCCN(CC)c1ccc(C(=O)N2CCN(C)Cc3ccccc32)cc1. The average Bonchev–Trinajstić information content (AvgIpc) is 2.84. The van der Waals surface area contributed by atoms with Crippen molar-refractivity contribution in [2.45, 2.75) is 26.8 Å². The Hall–Kier alpha value is -2.33. The fourth-order valence-corrected chi connectivity index (χ4v) is 3.59. The van der Waals surface area contributed by atoms with E-state index in [2.05, 4.69) is 55.0 Å². The van der Waals surface area contributed by atoms with Crippen LogP contribution >= 0.6 is 0 Å². The molecule has 1 amide bonds. The molecule has 1 aliphatic rings. The van der Waals surface area contributed by atoms with Crippen molar-refractivity contribution in [3.05, 3.63) is 59.7 Å². The lowest BCUT2D eigenvalue weighted by Crippen LogP contribution is -2.35. The lowest BCUT2D eigenvalue weighted by molar-refractivity contribution is 0.0986. The summed E-state index contributed by atoms with van der Waals surface area (Å²) in [6.07, 6.45) is 1.12. The van der Waals surface area contributed by atoms with Crippen LogP contribution in [0.4, 0.5) is 11.4 Å². The minimum absolute atomic E-state index is 0.0813. The van der Waals surface area contributed by atoms with Crippen LogP contribution in [0.25, 0.3) is 0 Å². The van der Waals surface area contributed by atoms with E-state index in [1.165, 1.54) is 11.3 Å². The quantitative estimate of drug-likeness (QED) is 0.814. The Morgan fingerprint density at radius 3 is 2.46 bits per heavy atom. The van der Waals surface area contributed by atoms with Crippen LogP contribution in [0.3, 0.4) is 0 Å². The van der Waals surface area contributed by atoms with Crippen LogP contribution in [0, 0.1) is 0 Å². The number of para-hydroxylation sites is 1. The molecule has 2 aromatic carbocycles. The largest absolute Gasteiger partial charge is 0.372 e. The Kier molecular flexibility index (Phi) is 5.94. The first-order valence-electron chi connectivity index (χ1n) is 9.57. The Labute approximate surface area is 157 Å². The second kappa shape index (κ2) is 8.37. The lowest BCUT2D eigenvalue weighted by Gasteiger charge is -2.24. The van der Waals surface area contributed by atoms with Crippen molar-refractivity contribution < 1.29 is 4.79 Å². The summed E-state index contributed by atoms with van der Waals surface area (Å²) in [6, 6.07) is 16.3. The number of hydrogen-bond acceptors (Lipinski definition) is 3. The van der Waals surface area contributed by atoms with E-state index in [0.29, 0.717) is 6.54 Å². The Morgan fingerprint density at radius 1 is 1.04 bits per heavy atom. The maximum Gasteiger partial charge on any atom is 0.258 e. The van der Waals surface area contributed by atoms with E-state index in [1.807, 2.05) is 29.2 Å². The molecule has 0 radical (unpaired) electrons. The average molecular weight is 351 g/mol. The second-order valence-corrected chi connectivity index (χ2v) is 6.95. The molecule has 0 atom stereocenters. The van der Waals surface area contributed by atoms with E-state index in [1.54, 1.807) is 0 Å². The van der Waals surface area contributed by atoms with E-state index in [4.69, 9.17) is 0 Å². The van der Waals surface area contributed by atoms with Gasteiger partial charge < -0.3 is 14.7 Å². The number of nitrogens with zero attached hydrogens (tertiary/aromatic N) is 3. The summed E-state index contributed by atoms with van der Waals surface area (Å²) in [5.74, 6) is 0.0813. The van der Waals surface area contributed by atoms with Gasteiger partial charge in [0.1, 0.15) is 0 Å². The molecule has 0 bridgehead atoms. The van der Waals surface area contributed by atoms with E-state index >= 15 is 0 Å². The zero-order valence-electron chi connectivity index (χ0n) is 16.1. The molecule has 0 aromatic heterocycles. The number of amides is 1. The summed E-state index contributed by atoms with van der Waals surface area (Å²) in [6.45, 7) is 8.83. The zero-order valence-corrected chi connectivity index (χ0v) is 16.1. The summed E-state index contributed by atoms with van der Waals surface area (Å²) < 4.78 is 0. The second-order valence-electron chi connectivity index (χ2n) is 6.95. The van der Waals surface area contributed by atoms with E-state index < -0.39 is 0 Å². The highest BCUT2D eigenvalue weighted by Gasteiger charge is 2.23. The number of anilines is 2. The van der Waals surface area contributed by atoms with Crippen molar-refractivity contribution in [3.8, 4) is 0 Å². The maximum absolute atomic E-state index is 13.2. The van der Waals surface area contributed by atoms with Crippen molar-refractivity contribution >= 4 is 17.3 Å². The zero-order chi connectivity index (χ0) is 18.5. The fourth-order valence-electron chi connectivity index (χ4n) is 3.59. The van der Waals surface area contributed by atoms with Crippen LogP contribution in [-0.4, -0.2) is 44.0 Å². The van der Waals surface area contributed by atoms with E-state index in [-0.39, 0.29) is 5.91 Å². The number of carbonyl (C=O) groups is 1. The minimum Gasteiger partial charge on any atom is -0.372 e. The molecule has 0 saturated carbocycles. The van der Waals surface area contributed by atoms with Gasteiger partial charge in [-0.25, -0.2) is 0 Å². The topological polar surface area (TPSA) is 26.8 Å². The van der Waals surface area contributed by atoms with Gasteiger partial charge in [0.2, 0.25) is 0 Å². The van der Waals surface area contributed by atoms with Gasteiger partial charge in [-0.3, -0.25) is 4.79 Å². The third-order valence-corrected chi connectivity index (χ3v) is 5.03. The third kappa shape index (κ3) is 3.91. The molecular formula is C22H29N3O. The summed E-state index contributed by atoms with van der Waals surface area (Å²) in [5, 5.41) is 0. The molecule has 0 aliphatic carbocycles. The normalized spacial score (nSPS) is 14.7. The standard InChI is InChI=1S/C22H29N3O/c1-4-14-24(5-2)20-12-10-18(11-13-20)22(26)25-16-15-23(3)17-19-8-6-7-9-21(19)25/h6-13H,4-5,14-17H2,1-3H3. The van der Waals surface area contributed by atoms with Crippen LogP contribution in [0.1, 0.15) is 36.2 Å². The number of likely N-dealkylation sites (N-methyl/N-ethyl adjacent to an activating group) is 1. The smallest absolute Gasteiger partial charge is 0.258 e. The predicted molar refractivity (Wildman–Crippen MR) is 109 cm³/mol. The van der Waals surface area contributed by atoms with Crippen molar-refractivity contribution in [1.82, 2.24) is 4.90 Å². The summed E-state index contributed by atoms with van der Waals surface area (Å²) in [7, 11) is 2.10. The number of hydrogen-bond donors (Lipinski definition) is 0. The molecule has 4 nitrogen and oxygen atoms in total. The van der Waals surface area contributed by atoms with Crippen LogP contribution in [0.15, 0.2) is 48.5 Å². The van der Waals surface area contributed by atoms with Crippen LogP contribution in [0.2, 0.25) is 0 Å². The van der Waals surface area contributed by atoms with Gasteiger partial charge in [0.15, 0.2) is 0 Å². The molecule has 138 valence electrons. The summed E-state index contributed by atoms with van der Waals surface area (Å²) in [5.41, 5.74) is 4.17. The molecule has 1 heterocycles. The van der Waals surface area contributed by atoms with Gasteiger partial charge in [0.25, 0.3) is 5.91 Å². The fraction of sp³-hybridized carbons (Fsp3) is 0.409. The molecule has 0 saturated heterocycles. The third-order valence-electron chi connectivity index (χ3n) is 5.03. The highest BCUT2D eigenvalue weighted by molar-refractivity contribution is 6.06. The van der Waals surface area contributed by atoms with Gasteiger partial charge in [-0.2, -0.15) is 0 Å². The first kappa shape index (κ1) is 18.5. The molecule has 4 heteroatoms. The number of carbonyl (C=O) groups excluding carboxylic acids is 1. The summed E-state index contributed by atoms with van der Waals surface area (Å²) in [4.78, 5) is 19.7. The van der Waals surface area contributed by atoms with Crippen LogP contribution < -0.4 is 9.80 Å². The summed E-state index contributed by atoms with van der Waals surface area (Å²) >= 11 is 0. The minimum atomic E-state index is 0.0813. The molecule has 26 heavy (non-hydrogen) atoms. The monoisotopic (exact) mass is 351 g/mol. The van der Waals surface area contributed by atoms with E-state index in [0.717, 1.165) is 43.9 Å². The highest BCUT2D eigenvalue weighted by atomic mass is 16.2. The van der Waals surface area contributed by atoms with Crippen molar-refractivity contribution in [3.63, 3.8) is 0 Å². The number of fused-ring (bicyclic) bond motifs is 1. The maximum atomic E-state index is 13.2. The molecule has 1 aliphatic heterocycles. The van der Waals surface area contributed by atoms with Gasteiger partial charge in [-0.05, 0) is 56.3 Å². The number of rotatable bonds is 5. The molecule has 0 unspecified atom stereocenters. The Balaban J connectivity index is 1.85. The van der Waals surface area contributed by atoms with Gasteiger partial charge in [-0.1, -0.05) is 25.1 Å². The Bertz CT molecular complexity index is 741. The van der Waals surface area contributed by atoms with Crippen molar-refractivity contribution in [2.75, 3.05) is 43.0 Å². The molecule has 0 spiro atoms. The van der Waals surface area contributed by atoms with Gasteiger partial charge in [0, 0.05) is 49.7 Å². The van der Waals surface area contributed by atoms with E-state index in [9.17, 15) is 4.79 Å². The predicted octanol–water partition coefficient (Wildman–Crippen LogP) is 4.02. The van der Waals surface area contributed by atoms with Crippen LogP contribution in [-0.2, 0) is 6.54 Å². The van der Waals surface area contributed by atoms with Gasteiger partial charge in [-0.15, -0.1) is 0 Å². The lowest BCUT2D eigenvalue weighted by atomic mass is 10.1. The van der Waals surface area contributed by atoms with Crippen LogP contribution in [0.5, 0.6) is 0 Å². The molecular weight excluding hydrogens is 322 g/mol. The highest BCUT2D eigenvalue weighted by Crippen LogP contribution is 2.26. The molecule has 0 N–H and O–H groups in total. The molecule has 0 fully saturated rings. The van der Waals surface area contributed by atoms with Gasteiger partial charge >= 0.3 is 0 Å². The number of benzene rings is 2. The first-order valence-corrected chi connectivity index (χ1v) is 9.57. The molecule has 3 rings (SSSR count). The van der Waals surface area contributed by atoms with Crippen molar-refractivity contribution in [1.29, 1.82) is 0 Å². The molecule has 2 aromatic rings. The Morgan fingerprint density at radius 2 is 1.77 bits per heavy atom. The van der Waals surface area contributed by atoms with Crippen molar-refractivity contribution in [2.24, 2.45) is 0 Å². The first-order chi connectivity index (χ1) is 12.6.